The van der Waals surface area contributed by atoms with Crippen molar-refractivity contribution in [3.05, 3.63) is 0 Å². The van der Waals surface area contributed by atoms with E-state index in [2.05, 4.69) is 13.8 Å². The van der Waals surface area contributed by atoms with Gasteiger partial charge in [0.05, 0.1) is 6.10 Å². The largest absolute Gasteiger partial charge is 0.364 e. The van der Waals surface area contributed by atoms with Gasteiger partial charge in [0.1, 0.15) is 6.10 Å². The Hall–Kier alpha value is -0.320. The summed E-state index contributed by atoms with van der Waals surface area (Å²) in [6, 6.07) is 0.344. The molecular formula is C13H25ClN2O2. The molecule has 2 N–H and O–H groups in total. The molecule has 0 aromatic carbocycles. The van der Waals surface area contributed by atoms with E-state index in [1.165, 1.54) is 6.42 Å². The third kappa shape index (κ3) is 3.16. The molecule has 0 aromatic rings. The van der Waals surface area contributed by atoms with E-state index in [1.807, 2.05) is 4.90 Å². The number of piperidine rings is 1. The molecule has 2 aliphatic rings. The van der Waals surface area contributed by atoms with Gasteiger partial charge in [0, 0.05) is 19.1 Å². The molecule has 0 spiro atoms. The molecule has 2 fully saturated rings. The molecule has 4 atom stereocenters. The number of nitrogens with two attached hydrogens (primary N) is 1. The Balaban J connectivity index is 0.00000162. The second kappa shape index (κ2) is 6.73. The average molecular weight is 277 g/mol. The molecule has 2 heterocycles. The van der Waals surface area contributed by atoms with E-state index in [9.17, 15) is 4.79 Å². The Kier molecular flexibility index (Phi) is 5.89. The summed E-state index contributed by atoms with van der Waals surface area (Å²) >= 11 is 0. The number of carbonyl (C=O) groups is 1. The summed E-state index contributed by atoms with van der Waals surface area (Å²) in [7, 11) is 0. The molecule has 0 bridgehead atoms. The monoisotopic (exact) mass is 276 g/mol. The second-order valence-corrected chi connectivity index (χ2v) is 5.45. The van der Waals surface area contributed by atoms with Gasteiger partial charge >= 0.3 is 0 Å². The molecule has 0 aliphatic carbocycles. The lowest BCUT2D eigenvalue weighted by atomic mass is 9.91. The van der Waals surface area contributed by atoms with Crippen LogP contribution >= 0.6 is 12.4 Å². The van der Waals surface area contributed by atoms with E-state index in [0.29, 0.717) is 18.5 Å². The van der Waals surface area contributed by atoms with Crippen molar-refractivity contribution >= 4 is 18.3 Å². The highest BCUT2D eigenvalue weighted by atomic mass is 35.5. The number of hydrogen-bond donors (Lipinski definition) is 1. The summed E-state index contributed by atoms with van der Waals surface area (Å²) in [5, 5.41) is 0. The smallest absolute Gasteiger partial charge is 0.251 e. The normalized spacial score (nSPS) is 36.3. The van der Waals surface area contributed by atoms with Crippen LogP contribution in [-0.4, -0.2) is 42.1 Å². The van der Waals surface area contributed by atoms with Crippen molar-refractivity contribution < 1.29 is 9.53 Å². The van der Waals surface area contributed by atoms with E-state index in [-0.39, 0.29) is 30.5 Å². The zero-order valence-electron chi connectivity index (χ0n) is 11.3. The van der Waals surface area contributed by atoms with Crippen LogP contribution in [-0.2, 0) is 9.53 Å². The molecule has 0 radical (unpaired) electrons. The Morgan fingerprint density at radius 2 is 2.06 bits per heavy atom. The fraction of sp³-hybridized carbons (Fsp3) is 0.923. The molecule has 106 valence electrons. The minimum atomic E-state index is -0.240. The maximum atomic E-state index is 12.4. The van der Waals surface area contributed by atoms with Gasteiger partial charge in [0.25, 0.3) is 5.91 Å². The van der Waals surface area contributed by atoms with Crippen LogP contribution in [0.1, 0.15) is 39.5 Å². The third-order valence-corrected chi connectivity index (χ3v) is 4.30. The lowest BCUT2D eigenvalue weighted by Crippen LogP contribution is -2.50. The molecule has 0 aromatic heterocycles. The van der Waals surface area contributed by atoms with Crippen LogP contribution in [0, 0.1) is 5.92 Å². The first-order valence-electron chi connectivity index (χ1n) is 6.79. The van der Waals surface area contributed by atoms with Gasteiger partial charge in [-0.05, 0) is 38.5 Å². The number of rotatable bonds is 2. The molecule has 2 unspecified atom stereocenters. The number of amides is 1. The minimum Gasteiger partial charge on any atom is -0.364 e. The average Bonchev–Trinajstić information content (AvgIpc) is 2.80. The SMILES string of the molecule is CC1CCCN(C(=O)[C@@H]2CC[C@H](CN)O2)C1C.Cl. The highest BCUT2D eigenvalue weighted by Gasteiger charge is 2.36. The van der Waals surface area contributed by atoms with Gasteiger partial charge in [-0.2, -0.15) is 0 Å². The number of nitrogens with zero attached hydrogens (tertiary/aromatic N) is 1. The molecule has 18 heavy (non-hydrogen) atoms. The first kappa shape index (κ1) is 15.7. The van der Waals surface area contributed by atoms with Gasteiger partial charge in [0.2, 0.25) is 0 Å². The van der Waals surface area contributed by atoms with E-state index in [1.54, 1.807) is 0 Å². The number of carbonyl (C=O) groups excluding carboxylic acids is 1. The van der Waals surface area contributed by atoms with Gasteiger partial charge in [-0.1, -0.05) is 6.92 Å². The van der Waals surface area contributed by atoms with Crippen molar-refractivity contribution in [3.63, 3.8) is 0 Å². The Morgan fingerprint density at radius 3 is 2.67 bits per heavy atom. The van der Waals surface area contributed by atoms with Crippen LogP contribution in [0.2, 0.25) is 0 Å². The van der Waals surface area contributed by atoms with Crippen LogP contribution in [0.3, 0.4) is 0 Å². The van der Waals surface area contributed by atoms with Gasteiger partial charge in [0.15, 0.2) is 0 Å². The summed E-state index contributed by atoms with van der Waals surface area (Å²) in [4.78, 5) is 14.4. The van der Waals surface area contributed by atoms with Crippen molar-refractivity contribution in [2.24, 2.45) is 11.7 Å². The van der Waals surface area contributed by atoms with Crippen molar-refractivity contribution in [1.29, 1.82) is 0 Å². The van der Waals surface area contributed by atoms with Gasteiger partial charge < -0.3 is 15.4 Å². The molecule has 0 saturated carbocycles. The maximum absolute atomic E-state index is 12.4. The molecule has 2 aliphatic heterocycles. The van der Waals surface area contributed by atoms with Crippen LogP contribution in [0.4, 0.5) is 0 Å². The van der Waals surface area contributed by atoms with Crippen LogP contribution in [0.25, 0.3) is 0 Å². The number of halogens is 1. The summed E-state index contributed by atoms with van der Waals surface area (Å²) in [6.07, 6.45) is 3.94. The first-order chi connectivity index (χ1) is 8.13. The van der Waals surface area contributed by atoms with Crippen molar-refractivity contribution in [1.82, 2.24) is 4.90 Å². The third-order valence-electron chi connectivity index (χ3n) is 4.30. The Labute approximate surface area is 116 Å². The molecule has 4 nitrogen and oxygen atoms in total. The Bertz CT molecular complexity index is 288. The fourth-order valence-electron chi connectivity index (χ4n) is 2.89. The fourth-order valence-corrected chi connectivity index (χ4v) is 2.89. The van der Waals surface area contributed by atoms with Gasteiger partial charge in [-0.3, -0.25) is 4.79 Å². The lowest BCUT2D eigenvalue weighted by Gasteiger charge is -2.39. The van der Waals surface area contributed by atoms with Crippen LogP contribution in [0.15, 0.2) is 0 Å². The van der Waals surface area contributed by atoms with Crippen molar-refractivity contribution in [2.45, 2.75) is 57.8 Å². The van der Waals surface area contributed by atoms with E-state index in [4.69, 9.17) is 10.5 Å². The number of likely N-dealkylation sites (tertiary alicyclic amines) is 1. The van der Waals surface area contributed by atoms with Crippen molar-refractivity contribution in [3.8, 4) is 0 Å². The standard InChI is InChI=1S/C13H24N2O2.ClH/c1-9-4-3-7-15(10(9)2)13(16)12-6-5-11(8-14)17-12;/h9-12H,3-8,14H2,1-2H3;1H/t9?,10?,11-,12+;/m1./s1. The van der Waals surface area contributed by atoms with Crippen molar-refractivity contribution in [2.75, 3.05) is 13.1 Å². The number of ether oxygens (including phenoxy) is 1. The molecular weight excluding hydrogens is 252 g/mol. The summed E-state index contributed by atoms with van der Waals surface area (Å²) < 4.78 is 5.69. The maximum Gasteiger partial charge on any atom is 0.251 e. The predicted molar refractivity (Wildman–Crippen MR) is 73.8 cm³/mol. The molecule has 1 amide bonds. The highest BCUT2D eigenvalue weighted by molar-refractivity contribution is 5.85. The predicted octanol–water partition coefficient (Wildman–Crippen LogP) is 1.56. The second-order valence-electron chi connectivity index (χ2n) is 5.45. The van der Waals surface area contributed by atoms with Gasteiger partial charge in [-0.25, -0.2) is 0 Å². The highest BCUT2D eigenvalue weighted by Crippen LogP contribution is 2.27. The van der Waals surface area contributed by atoms with E-state index < -0.39 is 0 Å². The number of hydrogen-bond acceptors (Lipinski definition) is 3. The summed E-state index contributed by atoms with van der Waals surface area (Å²) in [5.41, 5.74) is 5.57. The quantitative estimate of drug-likeness (QED) is 0.833. The first-order valence-corrected chi connectivity index (χ1v) is 6.79. The van der Waals surface area contributed by atoms with E-state index in [0.717, 1.165) is 25.8 Å². The van der Waals surface area contributed by atoms with Crippen LogP contribution < -0.4 is 5.73 Å². The summed E-state index contributed by atoms with van der Waals surface area (Å²) in [5.74, 6) is 0.777. The molecule has 2 rings (SSSR count). The van der Waals surface area contributed by atoms with Crippen LogP contribution in [0.5, 0.6) is 0 Å². The minimum absolute atomic E-state index is 0. The topological polar surface area (TPSA) is 55.6 Å². The molecule has 5 heteroatoms. The zero-order chi connectivity index (χ0) is 12.4. The lowest BCUT2D eigenvalue weighted by molar-refractivity contribution is -0.147. The Morgan fingerprint density at radius 1 is 1.33 bits per heavy atom. The van der Waals surface area contributed by atoms with Gasteiger partial charge in [-0.15, -0.1) is 12.4 Å². The van der Waals surface area contributed by atoms with E-state index >= 15 is 0 Å². The zero-order valence-corrected chi connectivity index (χ0v) is 12.1. The molecule has 2 saturated heterocycles. The summed E-state index contributed by atoms with van der Waals surface area (Å²) in [6.45, 7) is 5.78.